The number of carbonyl (C=O) groups is 1. The molecule has 0 bridgehead atoms. The first kappa shape index (κ1) is 22.1. The number of carbonyl (C=O) groups excluding carboxylic acids is 1. The predicted molar refractivity (Wildman–Crippen MR) is 103 cm³/mol. The summed E-state index contributed by atoms with van der Waals surface area (Å²) in [5.41, 5.74) is -1.04. The van der Waals surface area contributed by atoms with Crippen LogP contribution in [-0.4, -0.2) is 25.5 Å². The molecule has 1 amide bonds. The van der Waals surface area contributed by atoms with Crippen LogP contribution in [0.15, 0.2) is 36.5 Å². The van der Waals surface area contributed by atoms with Crippen molar-refractivity contribution in [3.05, 3.63) is 63.5 Å². The molecule has 0 fully saturated rings. The van der Waals surface area contributed by atoms with Gasteiger partial charge in [0, 0.05) is 6.20 Å². The first-order valence-corrected chi connectivity index (χ1v) is 9.36. The van der Waals surface area contributed by atoms with Gasteiger partial charge in [-0.2, -0.15) is 10.2 Å². The molecule has 2 aromatic heterocycles. The standard InChI is InChI=1S/C18H15Cl2F4N5O/c1-9(29-14(16(23)24)12(20)13(26-29)15(21)22)18(30)25-17-11(19)8-28(27-17)7-10-5-3-2-4-6-10/h2-6,8-9,15-16H,7H2,1H3,(H,25,27,30). The van der Waals surface area contributed by atoms with Crippen LogP contribution in [0.4, 0.5) is 23.4 Å². The summed E-state index contributed by atoms with van der Waals surface area (Å²) in [5.74, 6) is -0.834. The van der Waals surface area contributed by atoms with Gasteiger partial charge in [-0.05, 0) is 12.5 Å². The zero-order chi connectivity index (χ0) is 22.0. The second-order valence-corrected chi connectivity index (χ2v) is 7.09. The maximum Gasteiger partial charge on any atom is 0.283 e. The van der Waals surface area contributed by atoms with Gasteiger partial charge in [-0.15, -0.1) is 0 Å². The maximum atomic E-state index is 13.3. The molecule has 0 aliphatic rings. The fourth-order valence-electron chi connectivity index (χ4n) is 2.74. The number of hydrogen-bond donors (Lipinski definition) is 1. The van der Waals surface area contributed by atoms with Crippen molar-refractivity contribution in [2.75, 3.05) is 5.32 Å². The number of hydrogen-bond acceptors (Lipinski definition) is 3. The summed E-state index contributed by atoms with van der Waals surface area (Å²) in [6.07, 6.45) is -4.89. The van der Waals surface area contributed by atoms with Crippen LogP contribution >= 0.6 is 23.2 Å². The minimum Gasteiger partial charge on any atom is -0.306 e. The first-order chi connectivity index (χ1) is 14.2. The molecule has 0 aliphatic carbocycles. The van der Waals surface area contributed by atoms with Crippen molar-refractivity contribution in [1.29, 1.82) is 0 Å². The summed E-state index contributed by atoms with van der Waals surface area (Å²) in [7, 11) is 0. The number of nitrogens with zero attached hydrogens (tertiary/aromatic N) is 4. The van der Waals surface area contributed by atoms with Gasteiger partial charge in [0.2, 0.25) is 5.91 Å². The number of alkyl halides is 4. The summed E-state index contributed by atoms with van der Waals surface area (Å²) in [4.78, 5) is 12.5. The van der Waals surface area contributed by atoms with Gasteiger partial charge in [0.05, 0.1) is 11.6 Å². The normalized spacial score (nSPS) is 12.6. The zero-order valence-corrected chi connectivity index (χ0v) is 16.9. The highest BCUT2D eigenvalue weighted by molar-refractivity contribution is 6.33. The quantitative estimate of drug-likeness (QED) is 0.469. The lowest BCUT2D eigenvalue weighted by atomic mass is 10.2. The summed E-state index contributed by atoms with van der Waals surface area (Å²) < 4.78 is 54.6. The molecular weight excluding hydrogens is 449 g/mol. The molecule has 2 heterocycles. The van der Waals surface area contributed by atoms with Crippen molar-refractivity contribution in [2.24, 2.45) is 0 Å². The molecule has 3 rings (SSSR count). The van der Waals surface area contributed by atoms with E-state index in [1.165, 1.54) is 17.8 Å². The number of amides is 1. The number of aromatic nitrogens is 4. The number of anilines is 1. The Balaban J connectivity index is 1.81. The molecule has 0 saturated heterocycles. The molecule has 6 nitrogen and oxygen atoms in total. The third-order valence-corrected chi connectivity index (χ3v) is 4.88. The molecule has 0 saturated carbocycles. The minimum atomic E-state index is -3.21. The maximum absolute atomic E-state index is 13.3. The third kappa shape index (κ3) is 4.59. The Bertz CT molecular complexity index is 1040. The molecule has 1 atom stereocenters. The van der Waals surface area contributed by atoms with Crippen molar-refractivity contribution < 1.29 is 22.4 Å². The third-order valence-electron chi connectivity index (χ3n) is 4.22. The molecule has 0 radical (unpaired) electrons. The second kappa shape index (κ2) is 9.05. The Labute approximate surface area is 178 Å². The smallest absolute Gasteiger partial charge is 0.283 e. The van der Waals surface area contributed by atoms with Crippen LogP contribution in [0, 0.1) is 0 Å². The Hall–Kier alpha value is -2.59. The molecule has 30 heavy (non-hydrogen) atoms. The van der Waals surface area contributed by atoms with Gasteiger partial charge in [-0.25, -0.2) is 22.2 Å². The van der Waals surface area contributed by atoms with E-state index in [9.17, 15) is 22.4 Å². The van der Waals surface area contributed by atoms with E-state index in [-0.39, 0.29) is 10.8 Å². The van der Waals surface area contributed by atoms with Gasteiger partial charge in [-0.1, -0.05) is 53.5 Å². The highest BCUT2D eigenvalue weighted by Gasteiger charge is 2.32. The van der Waals surface area contributed by atoms with E-state index in [0.717, 1.165) is 5.56 Å². The van der Waals surface area contributed by atoms with Crippen molar-refractivity contribution >= 4 is 34.9 Å². The molecule has 1 aromatic carbocycles. The number of rotatable bonds is 7. The van der Waals surface area contributed by atoms with E-state index >= 15 is 0 Å². The van der Waals surface area contributed by atoms with Crippen molar-refractivity contribution in [2.45, 2.75) is 32.4 Å². The topological polar surface area (TPSA) is 64.7 Å². The van der Waals surface area contributed by atoms with Crippen LogP contribution in [0.5, 0.6) is 0 Å². The molecule has 0 spiro atoms. The van der Waals surface area contributed by atoms with Crippen LogP contribution in [-0.2, 0) is 11.3 Å². The van der Waals surface area contributed by atoms with Crippen LogP contribution in [0.3, 0.4) is 0 Å². The summed E-state index contributed by atoms with van der Waals surface area (Å²) >= 11 is 11.7. The minimum absolute atomic E-state index is 0.00428. The zero-order valence-electron chi connectivity index (χ0n) is 15.4. The highest BCUT2D eigenvalue weighted by atomic mass is 35.5. The Kier molecular flexibility index (Phi) is 6.67. The van der Waals surface area contributed by atoms with E-state index in [1.807, 2.05) is 30.3 Å². The monoisotopic (exact) mass is 463 g/mol. The summed E-state index contributed by atoms with van der Waals surface area (Å²) in [6.45, 7) is 1.60. The van der Waals surface area contributed by atoms with Crippen LogP contribution in [0.25, 0.3) is 0 Å². The Morgan fingerprint density at radius 3 is 2.37 bits per heavy atom. The van der Waals surface area contributed by atoms with E-state index in [4.69, 9.17) is 23.2 Å². The average Bonchev–Trinajstić information content (AvgIpc) is 3.21. The molecule has 1 unspecified atom stereocenters. The van der Waals surface area contributed by atoms with Crippen molar-refractivity contribution in [1.82, 2.24) is 19.6 Å². The molecule has 1 N–H and O–H groups in total. The fraction of sp³-hybridized carbons (Fsp3) is 0.278. The van der Waals surface area contributed by atoms with Crippen LogP contribution in [0.1, 0.15) is 42.8 Å². The van der Waals surface area contributed by atoms with Gasteiger partial charge in [-0.3, -0.25) is 9.48 Å². The molecule has 3 aromatic rings. The largest absolute Gasteiger partial charge is 0.306 e. The van der Waals surface area contributed by atoms with E-state index in [1.54, 1.807) is 0 Å². The Morgan fingerprint density at radius 2 is 1.77 bits per heavy atom. The molecule has 0 aliphatic heterocycles. The lowest BCUT2D eigenvalue weighted by Gasteiger charge is -2.15. The van der Waals surface area contributed by atoms with Crippen LogP contribution in [0.2, 0.25) is 10.0 Å². The van der Waals surface area contributed by atoms with E-state index in [0.29, 0.717) is 11.2 Å². The molecule has 12 heteroatoms. The van der Waals surface area contributed by atoms with Gasteiger partial charge < -0.3 is 5.32 Å². The second-order valence-electron chi connectivity index (χ2n) is 6.30. The van der Waals surface area contributed by atoms with Gasteiger partial charge in [0.1, 0.15) is 22.5 Å². The van der Waals surface area contributed by atoms with Crippen molar-refractivity contribution in [3.63, 3.8) is 0 Å². The first-order valence-electron chi connectivity index (χ1n) is 8.60. The van der Waals surface area contributed by atoms with Crippen molar-refractivity contribution in [3.8, 4) is 0 Å². The van der Waals surface area contributed by atoms with Gasteiger partial charge in [0.15, 0.2) is 5.82 Å². The molecule has 160 valence electrons. The number of nitrogens with one attached hydrogen (secondary N) is 1. The predicted octanol–water partition coefficient (Wildman–Crippen LogP) is 5.51. The SMILES string of the molecule is CC(C(=O)Nc1nn(Cc2ccccc2)cc1Cl)n1nc(C(F)F)c(Cl)c1C(F)F. The highest BCUT2D eigenvalue weighted by Crippen LogP contribution is 2.36. The van der Waals surface area contributed by atoms with Gasteiger partial charge >= 0.3 is 0 Å². The summed E-state index contributed by atoms with van der Waals surface area (Å²) in [6, 6.07) is 7.95. The fourth-order valence-corrected chi connectivity index (χ4v) is 3.23. The number of halogens is 6. The lowest BCUT2D eigenvalue weighted by Crippen LogP contribution is -2.26. The van der Waals surface area contributed by atoms with Crippen LogP contribution < -0.4 is 5.32 Å². The van der Waals surface area contributed by atoms with Gasteiger partial charge in [0.25, 0.3) is 12.9 Å². The Morgan fingerprint density at radius 1 is 1.10 bits per heavy atom. The average molecular weight is 464 g/mol. The number of benzene rings is 1. The summed E-state index contributed by atoms with van der Waals surface area (Å²) in [5, 5.41) is 9.22. The van der Waals surface area contributed by atoms with E-state index in [2.05, 4.69) is 15.5 Å². The molecular formula is C18H15Cl2F4N5O. The van der Waals surface area contributed by atoms with E-state index < -0.39 is 41.2 Å². The lowest BCUT2D eigenvalue weighted by molar-refractivity contribution is -0.119.